The van der Waals surface area contributed by atoms with Crippen molar-refractivity contribution >= 4 is 29.8 Å². The van der Waals surface area contributed by atoms with Crippen LogP contribution < -0.4 is 16.4 Å². The lowest BCUT2D eigenvalue weighted by molar-refractivity contribution is -0.143. The highest BCUT2D eigenvalue weighted by Gasteiger charge is 2.64. The van der Waals surface area contributed by atoms with Gasteiger partial charge in [0.05, 0.1) is 6.10 Å². The fourth-order valence-electron chi connectivity index (χ4n) is 6.88. The van der Waals surface area contributed by atoms with E-state index in [1.807, 2.05) is 6.92 Å². The van der Waals surface area contributed by atoms with Crippen LogP contribution in [-0.2, 0) is 19.1 Å². The van der Waals surface area contributed by atoms with Crippen molar-refractivity contribution in [3.05, 3.63) is 11.4 Å². The first-order valence-corrected chi connectivity index (χ1v) is 13.8. The van der Waals surface area contributed by atoms with Gasteiger partial charge in [-0.1, -0.05) is 13.3 Å². The van der Waals surface area contributed by atoms with Crippen LogP contribution in [0.15, 0.2) is 11.4 Å². The molecule has 1 unspecified atom stereocenters. The normalized spacial score (nSPS) is 34.9. The van der Waals surface area contributed by atoms with E-state index in [1.54, 1.807) is 0 Å². The average molecular weight is 531 g/mol. The SMILES string of the molecule is CCCCN1C(=O)/C(=C(/N)NCC2CCCO2)C(=O)N(C2CCC3(CC2)CC2(C3)NC(=O)N(C)C2=O)C1=O. The van der Waals surface area contributed by atoms with Gasteiger partial charge in [0.1, 0.15) is 16.9 Å². The van der Waals surface area contributed by atoms with Crippen molar-refractivity contribution in [1.82, 2.24) is 25.3 Å². The van der Waals surface area contributed by atoms with Crippen LogP contribution in [0, 0.1) is 5.41 Å². The van der Waals surface area contributed by atoms with Crippen molar-refractivity contribution in [1.29, 1.82) is 0 Å². The second-order valence-electron chi connectivity index (χ2n) is 11.5. The maximum Gasteiger partial charge on any atom is 0.334 e. The number of nitrogens with zero attached hydrogens (tertiary/aromatic N) is 3. The third-order valence-corrected chi connectivity index (χ3v) is 8.98. The van der Waals surface area contributed by atoms with Gasteiger partial charge in [0.2, 0.25) is 0 Å². The topological polar surface area (TPSA) is 154 Å². The van der Waals surface area contributed by atoms with Crippen LogP contribution in [0.2, 0.25) is 0 Å². The molecule has 0 aromatic rings. The molecule has 0 radical (unpaired) electrons. The summed E-state index contributed by atoms with van der Waals surface area (Å²) >= 11 is 0. The number of hydrogen-bond acceptors (Lipinski definition) is 8. The highest BCUT2D eigenvalue weighted by Crippen LogP contribution is 2.58. The first kappa shape index (κ1) is 26.5. The summed E-state index contributed by atoms with van der Waals surface area (Å²) in [5.74, 6) is -1.53. The van der Waals surface area contributed by atoms with Crippen LogP contribution >= 0.6 is 0 Å². The summed E-state index contributed by atoms with van der Waals surface area (Å²) in [6.45, 7) is 3.25. The van der Waals surface area contributed by atoms with Crippen molar-refractivity contribution in [2.24, 2.45) is 11.1 Å². The monoisotopic (exact) mass is 530 g/mol. The van der Waals surface area contributed by atoms with Crippen LogP contribution in [0.25, 0.3) is 0 Å². The van der Waals surface area contributed by atoms with E-state index >= 15 is 0 Å². The summed E-state index contributed by atoms with van der Waals surface area (Å²) in [7, 11) is 1.49. The Kier molecular flexibility index (Phi) is 6.87. The molecule has 5 aliphatic rings. The molecule has 2 spiro atoms. The molecule has 3 heterocycles. The van der Waals surface area contributed by atoms with E-state index in [-0.39, 0.29) is 47.4 Å². The molecule has 4 N–H and O–H groups in total. The molecule has 1 atom stereocenters. The number of carbonyl (C=O) groups is 5. The van der Waals surface area contributed by atoms with Gasteiger partial charge >= 0.3 is 12.1 Å². The molecule has 3 saturated heterocycles. The molecule has 0 bridgehead atoms. The van der Waals surface area contributed by atoms with Gasteiger partial charge in [0.15, 0.2) is 0 Å². The highest BCUT2D eigenvalue weighted by atomic mass is 16.5. The minimum Gasteiger partial charge on any atom is -0.385 e. The number of urea groups is 2. The van der Waals surface area contributed by atoms with Crippen molar-refractivity contribution in [3.8, 4) is 0 Å². The van der Waals surface area contributed by atoms with Gasteiger partial charge in [-0.25, -0.2) is 9.59 Å². The van der Waals surface area contributed by atoms with Gasteiger partial charge in [-0.15, -0.1) is 0 Å². The van der Waals surface area contributed by atoms with Crippen LogP contribution in [-0.4, -0.2) is 88.9 Å². The second kappa shape index (κ2) is 9.87. The number of imide groups is 3. The third kappa shape index (κ3) is 4.32. The molecule has 7 amide bonds. The lowest BCUT2D eigenvalue weighted by Crippen LogP contribution is -2.65. The maximum absolute atomic E-state index is 13.6. The lowest BCUT2D eigenvalue weighted by atomic mass is 9.51. The van der Waals surface area contributed by atoms with Crippen molar-refractivity contribution in [3.63, 3.8) is 0 Å². The fraction of sp³-hybridized carbons (Fsp3) is 0.731. The first-order valence-electron chi connectivity index (χ1n) is 13.8. The standard InChI is InChI=1S/C26H38N6O6/c1-3-4-11-31-20(33)18(19(27)28-13-17-6-5-12-38-17)21(34)32(24(31)37)16-7-9-25(10-8-16)14-26(15-25)22(35)30(2)23(36)29-26/h16-17,28H,3-15,27H2,1-2H3,(H,29,36)/b19-18+. The Morgan fingerprint density at radius 3 is 2.39 bits per heavy atom. The predicted octanol–water partition coefficient (Wildman–Crippen LogP) is 1.16. The van der Waals surface area contributed by atoms with Crippen LogP contribution in [0.4, 0.5) is 9.59 Å². The van der Waals surface area contributed by atoms with E-state index in [9.17, 15) is 24.0 Å². The van der Waals surface area contributed by atoms with Gasteiger partial charge in [-0.3, -0.25) is 29.1 Å². The van der Waals surface area contributed by atoms with Crippen LogP contribution in [0.1, 0.15) is 71.1 Å². The molecular formula is C26H38N6O6. The average Bonchev–Trinajstić information content (AvgIpc) is 3.47. The van der Waals surface area contributed by atoms with Gasteiger partial charge < -0.3 is 21.1 Å². The minimum absolute atomic E-state index is 0.0256. The molecule has 5 rings (SSSR count). The molecule has 0 aromatic heterocycles. The van der Waals surface area contributed by atoms with E-state index in [4.69, 9.17) is 10.5 Å². The number of barbiturate groups is 1. The Balaban J connectivity index is 1.30. The summed E-state index contributed by atoms with van der Waals surface area (Å²) in [6.07, 6.45) is 6.91. The van der Waals surface area contributed by atoms with Crippen LogP contribution in [0.3, 0.4) is 0 Å². The van der Waals surface area contributed by atoms with Crippen molar-refractivity contribution in [2.75, 3.05) is 26.7 Å². The summed E-state index contributed by atoms with van der Waals surface area (Å²) in [5.41, 5.74) is 5.13. The van der Waals surface area contributed by atoms with Gasteiger partial charge in [-0.2, -0.15) is 0 Å². The Morgan fingerprint density at radius 2 is 1.82 bits per heavy atom. The lowest BCUT2D eigenvalue weighted by Gasteiger charge is -2.56. The quantitative estimate of drug-likeness (QED) is 0.252. The molecule has 3 aliphatic heterocycles. The van der Waals surface area contributed by atoms with E-state index in [0.29, 0.717) is 45.3 Å². The number of likely N-dealkylation sites (N-methyl/N-ethyl adjacent to an activating group) is 1. The highest BCUT2D eigenvalue weighted by molar-refractivity contribution is 6.29. The number of hydrogen-bond donors (Lipinski definition) is 3. The number of unbranched alkanes of at least 4 members (excludes halogenated alkanes) is 1. The van der Waals surface area contributed by atoms with Gasteiger partial charge in [0, 0.05) is 32.8 Å². The summed E-state index contributed by atoms with van der Waals surface area (Å²) < 4.78 is 5.61. The number of ether oxygens (including phenoxy) is 1. The van der Waals surface area contributed by atoms with E-state index in [2.05, 4.69) is 10.6 Å². The summed E-state index contributed by atoms with van der Waals surface area (Å²) in [6, 6.07) is -1.33. The zero-order valence-electron chi connectivity index (χ0n) is 22.2. The Hall–Kier alpha value is -3.15. The van der Waals surface area contributed by atoms with E-state index in [0.717, 1.165) is 41.9 Å². The summed E-state index contributed by atoms with van der Waals surface area (Å²) in [4.78, 5) is 68.5. The Labute approximate surface area is 222 Å². The van der Waals surface area contributed by atoms with E-state index < -0.39 is 23.4 Å². The molecule has 38 heavy (non-hydrogen) atoms. The zero-order chi connectivity index (χ0) is 27.2. The molecule has 12 heteroatoms. The number of nitrogens with two attached hydrogens (primary N) is 1. The molecule has 5 fully saturated rings. The van der Waals surface area contributed by atoms with Crippen LogP contribution in [0.5, 0.6) is 0 Å². The molecule has 2 saturated carbocycles. The van der Waals surface area contributed by atoms with Gasteiger partial charge in [-0.05, 0) is 63.2 Å². The first-order chi connectivity index (χ1) is 18.1. The number of amides is 7. The molecule has 0 aromatic carbocycles. The zero-order valence-corrected chi connectivity index (χ0v) is 22.2. The number of carbonyl (C=O) groups excluding carboxylic acids is 5. The van der Waals surface area contributed by atoms with Crippen molar-refractivity contribution in [2.45, 2.75) is 88.8 Å². The molecule has 2 aliphatic carbocycles. The Bertz CT molecular complexity index is 1070. The molecular weight excluding hydrogens is 492 g/mol. The fourth-order valence-corrected chi connectivity index (χ4v) is 6.88. The van der Waals surface area contributed by atoms with Gasteiger partial charge in [0.25, 0.3) is 17.7 Å². The van der Waals surface area contributed by atoms with Crippen molar-refractivity contribution < 1.29 is 28.7 Å². The number of nitrogens with one attached hydrogen (secondary N) is 2. The second-order valence-corrected chi connectivity index (χ2v) is 11.5. The number of rotatable bonds is 7. The predicted molar refractivity (Wildman–Crippen MR) is 135 cm³/mol. The minimum atomic E-state index is -0.822. The Morgan fingerprint density at radius 1 is 1.11 bits per heavy atom. The summed E-state index contributed by atoms with van der Waals surface area (Å²) in [5, 5.41) is 5.84. The maximum atomic E-state index is 13.6. The largest absolute Gasteiger partial charge is 0.385 e. The molecule has 208 valence electrons. The third-order valence-electron chi connectivity index (χ3n) is 8.98. The molecule has 12 nitrogen and oxygen atoms in total. The van der Waals surface area contributed by atoms with E-state index in [1.165, 1.54) is 11.9 Å². The smallest absolute Gasteiger partial charge is 0.334 e.